The van der Waals surface area contributed by atoms with Crippen molar-refractivity contribution in [2.45, 2.75) is 25.7 Å². The number of fused-ring (bicyclic) bond motifs is 1. The van der Waals surface area contributed by atoms with Gasteiger partial charge in [-0.25, -0.2) is 4.98 Å². The van der Waals surface area contributed by atoms with Crippen molar-refractivity contribution in [2.24, 2.45) is 0 Å². The molecule has 1 heterocycles. The largest absolute Gasteiger partial charge is 0.506 e. The van der Waals surface area contributed by atoms with Crippen LogP contribution < -0.4 is 16.1 Å². The summed E-state index contributed by atoms with van der Waals surface area (Å²) in [5.74, 6) is 0.749. The van der Waals surface area contributed by atoms with Crippen molar-refractivity contribution in [3.8, 4) is 0 Å². The molecule has 2 N–H and O–H groups in total. The molecule has 0 spiro atoms. The van der Waals surface area contributed by atoms with Gasteiger partial charge in [-0.2, -0.15) is 0 Å². The van der Waals surface area contributed by atoms with Crippen LogP contribution >= 0.6 is 0 Å². The van der Waals surface area contributed by atoms with Crippen LogP contribution in [0.3, 0.4) is 0 Å². The topological polar surface area (TPSA) is 75.4 Å². The number of aromatic nitrogens is 1. The fraction of sp³-hybridized carbons (Fsp3) is 0.182. The van der Waals surface area contributed by atoms with Gasteiger partial charge in [0.25, 0.3) is 5.91 Å². The Balaban J connectivity index is 0.000000155. The molecule has 4 aliphatic carbocycles. The molecule has 4 aliphatic rings. The first-order chi connectivity index (χ1) is 13.2. The van der Waals surface area contributed by atoms with Gasteiger partial charge in [0.2, 0.25) is 5.89 Å². The molecule has 0 radical (unpaired) electrons. The van der Waals surface area contributed by atoms with E-state index in [1.807, 2.05) is 12.2 Å². The highest BCUT2D eigenvalue weighted by atomic mass is 16.3. The Morgan fingerprint density at radius 3 is 2.48 bits per heavy atom. The van der Waals surface area contributed by atoms with Gasteiger partial charge in [0.05, 0.1) is 5.70 Å². The van der Waals surface area contributed by atoms with E-state index in [9.17, 15) is 9.90 Å². The van der Waals surface area contributed by atoms with Crippen molar-refractivity contribution in [2.75, 3.05) is 0 Å². The Bertz CT molecular complexity index is 1050. The number of carbonyl (C=O) groups excluding carboxylic acids is 1. The van der Waals surface area contributed by atoms with E-state index in [1.54, 1.807) is 18.2 Å². The Hall–Kier alpha value is -3.34. The molecule has 0 fully saturated rings. The first-order valence-electron chi connectivity index (χ1n) is 9.03. The summed E-state index contributed by atoms with van der Waals surface area (Å²) < 4.78 is 5.59. The third-order valence-corrected chi connectivity index (χ3v) is 4.50. The zero-order chi connectivity index (χ0) is 18.6. The smallest absolute Gasteiger partial charge is 0.255 e. The minimum atomic E-state index is -0.160. The van der Waals surface area contributed by atoms with Gasteiger partial charge < -0.3 is 14.8 Å². The van der Waals surface area contributed by atoms with Gasteiger partial charge in [0.1, 0.15) is 11.1 Å². The van der Waals surface area contributed by atoms with E-state index >= 15 is 0 Å². The minimum absolute atomic E-state index is 0. The maximum absolute atomic E-state index is 11.5. The number of amides is 1. The molecule has 0 saturated heterocycles. The summed E-state index contributed by atoms with van der Waals surface area (Å²) in [6, 6.07) is 0. The maximum Gasteiger partial charge on any atom is 0.255 e. The molecule has 0 unspecified atom stereocenters. The van der Waals surface area contributed by atoms with Crippen LogP contribution in [0.2, 0.25) is 0 Å². The van der Waals surface area contributed by atoms with Crippen LogP contribution in [0.1, 0.15) is 33.0 Å². The van der Waals surface area contributed by atoms with Gasteiger partial charge in [0, 0.05) is 12.6 Å². The third kappa shape index (κ3) is 3.77. The highest BCUT2D eigenvalue weighted by Gasteiger charge is 2.14. The first-order valence-corrected chi connectivity index (χ1v) is 9.03. The van der Waals surface area contributed by atoms with Gasteiger partial charge in [0.15, 0.2) is 5.42 Å². The van der Waals surface area contributed by atoms with Crippen LogP contribution in [0, 0.1) is 0 Å². The lowest BCUT2D eigenvalue weighted by molar-refractivity contribution is -0.116. The molecule has 0 aromatic carbocycles. The van der Waals surface area contributed by atoms with Crippen LogP contribution in [0.4, 0.5) is 0 Å². The summed E-state index contributed by atoms with van der Waals surface area (Å²) in [7, 11) is 0. The fourth-order valence-corrected chi connectivity index (χ4v) is 3.09. The van der Waals surface area contributed by atoms with Crippen molar-refractivity contribution in [1.82, 2.24) is 10.3 Å². The highest BCUT2D eigenvalue weighted by molar-refractivity contribution is 5.98. The van der Waals surface area contributed by atoms with Gasteiger partial charge in [-0.3, -0.25) is 4.79 Å². The summed E-state index contributed by atoms with van der Waals surface area (Å²) in [6.07, 6.45) is 22.9. The van der Waals surface area contributed by atoms with Crippen molar-refractivity contribution in [1.29, 1.82) is 0 Å². The lowest BCUT2D eigenvalue weighted by Crippen LogP contribution is -2.23. The molecule has 5 heteroatoms. The number of aliphatic hydroxyl groups is 1. The summed E-state index contributed by atoms with van der Waals surface area (Å²) in [5.41, 5.74) is 3.20. The summed E-state index contributed by atoms with van der Waals surface area (Å²) in [5, 5.41) is 13.0. The Morgan fingerprint density at radius 1 is 1.00 bits per heavy atom. The molecule has 1 amide bonds. The standard InChI is InChI=1S/C11H11NO2.C11H9NO.H2/c13-10-7-3-6-9(10)12-11(14)8-4-1-2-5-8;1-2-5-8(4-1)11-12-9-6-3-7-10(9)13-11;/h1,4-7,13H,2-3H2,(H,12,14);1,4-7H,2-3H2;1H/i;;1+1. The predicted octanol–water partition coefficient (Wildman–Crippen LogP) is 2.95. The van der Waals surface area contributed by atoms with Crippen molar-refractivity contribution < 1.29 is 15.7 Å². The molecule has 1 aromatic rings. The second-order valence-electron chi connectivity index (χ2n) is 6.40. The third-order valence-electron chi connectivity index (χ3n) is 4.50. The summed E-state index contributed by atoms with van der Waals surface area (Å²) in [4.78, 5) is 15.9. The Morgan fingerprint density at radius 2 is 1.81 bits per heavy atom. The number of carbonyl (C=O) groups is 1. The van der Waals surface area contributed by atoms with E-state index in [2.05, 4.69) is 40.7 Å². The Kier molecular flexibility index (Phi) is 4.75. The lowest BCUT2D eigenvalue weighted by Gasteiger charge is -2.05. The van der Waals surface area contributed by atoms with Crippen molar-refractivity contribution in [3.05, 3.63) is 82.3 Å². The predicted molar refractivity (Wildman–Crippen MR) is 107 cm³/mol. The van der Waals surface area contributed by atoms with Gasteiger partial charge in [-0.15, -0.1) is 0 Å². The number of rotatable bonds is 3. The zero-order valence-corrected chi connectivity index (χ0v) is 14.8. The normalized spacial score (nSPS) is 18.5. The lowest BCUT2D eigenvalue weighted by atomic mass is 10.2. The number of hydrogen-bond acceptors (Lipinski definition) is 4. The van der Waals surface area contributed by atoms with Crippen LogP contribution in [-0.2, 0) is 4.79 Å². The molecule has 0 saturated carbocycles. The number of hydrogen-bond donors (Lipinski definition) is 2. The quantitative estimate of drug-likeness (QED) is 0.866. The highest BCUT2D eigenvalue weighted by Crippen LogP contribution is 2.18. The number of nitrogens with zero attached hydrogens (tertiary/aromatic N) is 1. The molecule has 5 nitrogen and oxygen atoms in total. The zero-order valence-electron chi connectivity index (χ0n) is 14.8. The fourth-order valence-electron chi connectivity index (χ4n) is 3.09. The molecule has 27 heavy (non-hydrogen) atoms. The number of aliphatic hydroxyl groups excluding tert-OH is 1. The van der Waals surface area contributed by atoms with E-state index in [1.165, 1.54) is 0 Å². The average molecular weight is 363 g/mol. The number of nitrogens with one attached hydrogen (secondary N) is 1. The van der Waals surface area contributed by atoms with Gasteiger partial charge >= 0.3 is 0 Å². The molecule has 0 bridgehead atoms. The first kappa shape index (κ1) is 17.1. The van der Waals surface area contributed by atoms with Crippen molar-refractivity contribution >= 4 is 23.6 Å². The van der Waals surface area contributed by atoms with E-state index in [0.717, 1.165) is 41.5 Å². The van der Waals surface area contributed by atoms with E-state index in [0.29, 0.717) is 17.7 Å². The SMILES string of the molecule is C1=CC(c2nc3c(o2)=CCC=3)=CC1.O=C(NC1=CCC=C1O)C1=CCC=C1.[2HH]. The summed E-state index contributed by atoms with van der Waals surface area (Å²) >= 11 is 0. The molecular weight excluding hydrogens is 340 g/mol. The van der Waals surface area contributed by atoms with Gasteiger partial charge in [-0.1, -0.05) is 48.6 Å². The van der Waals surface area contributed by atoms with E-state index < -0.39 is 0 Å². The number of oxazole rings is 1. The van der Waals surface area contributed by atoms with E-state index in [4.69, 9.17) is 4.42 Å². The minimum Gasteiger partial charge on any atom is -0.506 e. The van der Waals surface area contributed by atoms with E-state index in [-0.39, 0.29) is 13.1 Å². The van der Waals surface area contributed by atoms with Crippen LogP contribution in [0.5, 0.6) is 0 Å². The van der Waals surface area contributed by atoms with Crippen LogP contribution in [0.15, 0.2) is 70.1 Å². The molecular formula is C22H22N2O3. The monoisotopic (exact) mass is 363 g/mol. The molecule has 1 aromatic heterocycles. The second-order valence-corrected chi connectivity index (χ2v) is 6.40. The number of allylic oxidation sites excluding steroid dienone is 8. The van der Waals surface area contributed by atoms with Gasteiger partial charge in [-0.05, 0) is 37.8 Å². The molecule has 138 valence electrons. The van der Waals surface area contributed by atoms with Crippen LogP contribution in [0.25, 0.3) is 17.7 Å². The average Bonchev–Trinajstić information content (AvgIpc) is 3.44. The maximum atomic E-state index is 11.5. The molecule has 0 atom stereocenters. The Labute approximate surface area is 158 Å². The second kappa shape index (κ2) is 7.50. The van der Waals surface area contributed by atoms with Crippen LogP contribution in [-0.4, -0.2) is 16.0 Å². The van der Waals surface area contributed by atoms with Crippen molar-refractivity contribution in [3.63, 3.8) is 0 Å². The molecule has 0 aliphatic heterocycles. The summed E-state index contributed by atoms with van der Waals surface area (Å²) in [6.45, 7) is 0. The molecule has 5 rings (SSSR count).